The summed E-state index contributed by atoms with van der Waals surface area (Å²) in [7, 11) is 0. The Morgan fingerprint density at radius 3 is 2.79 bits per heavy atom. The molecule has 1 aliphatic heterocycles. The van der Waals surface area contributed by atoms with E-state index in [0.717, 1.165) is 30.4 Å². The maximum atomic E-state index is 4.63. The summed E-state index contributed by atoms with van der Waals surface area (Å²) in [6.07, 6.45) is 3.82. The first kappa shape index (κ1) is 14.3. The SMILES string of the molecule is CCNc1cc(C)nc(CN2C(C)CCC2CC)n1. The minimum absolute atomic E-state index is 0.650. The molecular formula is C15H26N4. The Hall–Kier alpha value is -1.16. The Kier molecular flexibility index (Phi) is 4.75. The fraction of sp³-hybridized carbons (Fsp3) is 0.733. The van der Waals surface area contributed by atoms with E-state index in [4.69, 9.17) is 0 Å². The first-order chi connectivity index (χ1) is 9.13. The third-order valence-electron chi connectivity index (χ3n) is 4.01. The predicted octanol–water partition coefficient (Wildman–Crippen LogP) is 2.98. The van der Waals surface area contributed by atoms with Gasteiger partial charge >= 0.3 is 0 Å². The average Bonchev–Trinajstić information content (AvgIpc) is 2.70. The molecule has 4 heteroatoms. The second kappa shape index (κ2) is 6.33. The van der Waals surface area contributed by atoms with Gasteiger partial charge in [0.15, 0.2) is 0 Å². The normalized spacial score (nSPS) is 23.8. The summed E-state index contributed by atoms with van der Waals surface area (Å²) in [4.78, 5) is 11.8. The van der Waals surface area contributed by atoms with Crippen LogP contribution in [0.2, 0.25) is 0 Å². The van der Waals surface area contributed by atoms with Gasteiger partial charge in [-0.05, 0) is 40.0 Å². The van der Waals surface area contributed by atoms with E-state index in [1.54, 1.807) is 0 Å². The lowest BCUT2D eigenvalue weighted by atomic mass is 10.1. The van der Waals surface area contributed by atoms with Crippen LogP contribution in [0.5, 0.6) is 0 Å². The van der Waals surface area contributed by atoms with Gasteiger partial charge in [-0.25, -0.2) is 9.97 Å². The van der Waals surface area contributed by atoms with Crippen molar-refractivity contribution < 1.29 is 0 Å². The van der Waals surface area contributed by atoms with Crippen molar-refractivity contribution in [3.8, 4) is 0 Å². The van der Waals surface area contributed by atoms with Crippen molar-refractivity contribution in [2.45, 2.75) is 65.6 Å². The van der Waals surface area contributed by atoms with Crippen LogP contribution in [0.25, 0.3) is 0 Å². The Morgan fingerprint density at radius 2 is 2.11 bits per heavy atom. The molecule has 0 spiro atoms. The summed E-state index contributed by atoms with van der Waals surface area (Å²) in [5.41, 5.74) is 1.04. The number of hydrogen-bond donors (Lipinski definition) is 1. The second-order valence-corrected chi connectivity index (χ2v) is 5.50. The topological polar surface area (TPSA) is 41.1 Å². The van der Waals surface area contributed by atoms with Gasteiger partial charge in [-0.1, -0.05) is 6.92 Å². The number of aromatic nitrogens is 2. The first-order valence-electron chi connectivity index (χ1n) is 7.48. The molecule has 19 heavy (non-hydrogen) atoms. The smallest absolute Gasteiger partial charge is 0.144 e. The summed E-state index contributed by atoms with van der Waals surface area (Å²) >= 11 is 0. The van der Waals surface area contributed by atoms with Crippen molar-refractivity contribution in [3.05, 3.63) is 17.6 Å². The summed E-state index contributed by atoms with van der Waals surface area (Å²) in [6.45, 7) is 10.5. The van der Waals surface area contributed by atoms with E-state index < -0.39 is 0 Å². The van der Waals surface area contributed by atoms with Crippen molar-refractivity contribution >= 4 is 5.82 Å². The Morgan fingerprint density at radius 1 is 1.32 bits per heavy atom. The molecule has 106 valence electrons. The van der Waals surface area contributed by atoms with Crippen LogP contribution in [0.4, 0.5) is 5.82 Å². The third-order valence-corrected chi connectivity index (χ3v) is 4.01. The van der Waals surface area contributed by atoms with Crippen molar-refractivity contribution in [3.63, 3.8) is 0 Å². The molecule has 2 rings (SSSR count). The molecule has 1 aromatic rings. The van der Waals surface area contributed by atoms with Gasteiger partial charge in [0.2, 0.25) is 0 Å². The molecule has 1 fully saturated rings. The predicted molar refractivity (Wildman–Crippen MR) is 79.3 cm³/mol. The van der Waals surface area contributed by atoms with E-state index in [2.05, 4.69) is 41.0 Å². The van der Waals surface area contributed by atoms with Crippen molar-refractivity contribution in [1.29, 1.82) is 0 Å². The van der Waals surface area contributed by atoms with E-state index >= 15 is 0 Å². The van der Waals surface area contributed by atoms with Gasteiger partial charge in [-0.15, -0.1) is 0 Å². The summed E-state index contributed by atoms with van der Waals surface area (Å²) in [5, 5.41) is 3.28. The van der Waals surface area contributed by atoms with Gasteiger partial charge in [0.25, 0.3) is 0 Å². The molecule has 2 unspecified atom stereocenters. The molecular weight excluding hydrogens is 236 g/mol. The highest BCUT2D eigenvalue weighted by atomic mass is 15.2. The number of nitrogens with one attached hydrogen (secondary N) is 1. The fourth-order valence-electron chi connectivity index (χ4n) is 2.98. The van der Waals surface area contributed by atoms with Crippen LogP contribution < -0.4 is 5.32 Å². The van der Waals surface area contributed by atoms with Gasteiger partial charge in [-0.2, -0.15) is 0 Å². The highest BCUT2D eigenvalue weighted by Gasteiger charge is 2.29. The molecule has 4 nitrogen and oxygen atoms in total. The molecule has 0 amide bonds. The molecule has 0 saturated carbocycles. The van der Waals surface area contributed by atoms with E-state index in [0.29, 0.717) is 12.1 Å². The Labute approximate surface area is 116 Å². The summed E-state index contributed by atoms with van der Waals surface area (Å²) in [6, 6.07) is 3.36. The van der Waals surface area contributed by atoms with Gasteiger partial charge in [0.05, 0.1) is 6.54 Å². The molecule has 0 radical (unpaired) electrons. The molecule has 1 N–H and O–H groups in total. The van der Waals surface area contributed by atoms with E-state index in [1.165, 1.54) is 19.3 Å². The number of rotatable bonds is 5. The number of hydrogen-bond acceptors (Lipinski definition) is 4. The number of likely N-dealkylation sites (tertiary alicyclic amines) is 1. The van der Waals surface area contributed by atoms with Crippen LogP contribution in [0.15, 0.2) is 6.07 Å². The lowest BCUT2D eigenvalue weighted by Gasteiger charge is -2.27. The number of anilines is 1. The van der Waals surface area contributed by atoms with Gasteiger partial charge in [0.1, 0.15) is 11.6 Å². The zero-order chi connectivity index (χ0) is 13.8. The van der Waals surface area contributed by atoms with Gasteiger partial charge in [0, 0.05) is 30.4 Å². The Bertz CT molecular complexity index is 419. The summed E-state index contributed by atoms with van der Waals surface area (Å²) < 4.78 is 0. The molecule has 0 aliphatic carbocycles. The van der Waals surface area contributed by atoms with E-state index in [1.807, 2.05) is 13.0 Å². The van der Waals surface area contributed by atoms with Crippen LogP contribution >= 0.6 is 0 Å². The Balaban J connectivity index is 2.13. The molecule has 0 bridgehead atoms. The monoisotopic (exact) mass is 262 g/mol. The van der Waals surface area contributed by atoms with Crippen LogP contribution in [-0.2, 0) is 6.54 Å². The maximum Gasteiger partial charge on any atom is 0.144 e. The van der Waals surface area contributed by atoms with Crippen LogP contribution in [0.1, 0.15) is 51.6 Å². The standard InChI is InChI=1S/C15H26N4/c1-5-13-8-7-12(4)19(13)10-15-17-11(3)9-14(18-15)16-6-2/h9,12-13H,5-8,10H2,1-4H3,(H,16,17,18). The summed E-state index contributed by atoms with van der Waals surface area (Å²) in [5.74, 6) is 1.90. The minimum atomic E-state index is 0.650. The first-order valence-corrected chi connectivity index (χ1v) is 7.48. The van der Waals surface area contributed by atoms with Gasteiger partial charge in [-0.3, -0.25) is 4.90 Å². The highest BCUT2D eigenvalue weighted by molar-refractivity contribution is 5.35. The van der Waals surface area contributed by atoms with E-state index in [9.17, 15) is 0 Å². The average molecular weight is 262 g/mol. The van der Waals surface area contributed by atoms with Crippen molar-refractivity contribution in [2.75, 3.05) is 11.9 Å². The van der Waals surface area contributed by atoms with Crippen molar-refractivity contribution in [2.24, 2.45) is 0 Å². The third kappa shape index (κ3) is 3.44. The zero-order valence-electron chi connectivity index (χ0n) is 12.6. The lowest BCUT2D eigenvalue weighted by molar-refractivity contribution is 0.185. The van der Waals surface area contributed by atoms with Crippen LogP contribution in [-0.4, -0.2) is 33.5 Å². The molecule has 1 aliphatic rings. The largest absolute Gasteiger partial charge is 0.370 e. The second-order valence-electron chi connectivity index (χ2n) is 5.50. The fourth-order valence-corrected chi connectivity index (χ4v) is 2.98. The van der Waals surface area contributed by atoms with Gasteiger partial charge < -0.3 is 5.32 Å². The molecule has 0 aromatic carbocycles. The maximum absolute atomic E-state index is 4.63. The highest BCUT2D eigenvalue weighted by Crippen LogP contribution is 2.27. The quantitative estimate of drug-likeness (QED) is 0.885. The van der Waals surface area contributed by atoms with Crippen LogP contribution in [0, 0.1) is 6.92 Å². The minimum Gasteiger partial charge on any atom is -0.370 e. The number of nitrogens with zero attached hydrogens (tertiary/aromatic N) is 3. The molecule has 2 atom stereocenters. The van der Waals surface area contributed by atoms with E-state index in [-0.39, 0.29) is 0 Å². The molecule has 2 heterocycles. The van der Waals surface area contributed by atoms with Crippen molar-refractivity contribution in [1.82, 2.24) is 14.9 Å². The van der Waals surface area contributed by atoms with Crippen LogP contribution in [0.3, 0.4) is 0 Å². The lowest BCUT2D eigenvalue weighted by Crippen LogP contribution is -2.34. The molecule has 1 aromatic heterocycles. The number of aryl methyl sites for hydroxylation is 1. The zero-order valence-corrected chi connectivity index (χ0v) is 12.6. The molecule has 1 saturated heterocycles.